The lowest BCUT2D eigenvalue weighted by Gasteiger charge is -2.45. The van der Waals surface area contributed by atoms with Crippen LogP contribution in [-0.4, -0.2) is 51.0 Å². The normalized spacial score (nSPS) is 19.6. The molecule has 1 saturated heterocycles. The third-order valence-corrected chi connectivity index (χ3v) is 6.67. The average Bonchev–Trinajstić information content (AvgIpc) is 3.20. The number of piperazine rings is 1. The van der Waals surface area contributed by atoms with E-state index >= 15 is 0 Å². The lowest BCUT2D eigenvalue weighted by Crippen LogP contribution is -2.56. The highest BCUT2D eigenvalue weighted by atomic mass is 16.4. The molecule has 5 rings (SSSR count). The van der Waals surface area contributed by atoms with E-state index in [9.17, 15) is 4.79 Å². The second kappa shape index (κ2) is 8.30. The Morgan fingerprint density at radius 1 is 1.06 bits per heavy atom. The van der Waals surface area contributed by atoms with Crippen LogP contribution in [0.25, 0.3) is 27.9 Å². The van der Waals surface area contributed by atoms with Gasteiger partial charge < -0.3 is 13.7 Å². The molecule has 4 heterocycles. The van der Waals surface area contributed by atoms with Crippen LogP contribution in [0.4, 0.5) is 5.69 Å². The van der Waals surface area contributed by atoms with Crippen LogP contribution in [0.2, 0.25) is 0 Å². The molecule has 1 aromatic carbocycles. The van der Waals surface area contributed by atoms with Crippen LogP contribution in [0.1, 0.15) is 38.6 Å². The van der Waals surface area contributed by atoms with E-state index in [0.29, 0.717) is 28.9 Å². The van der Waals surface area contributed by atoms with E-state index < -0.39 is 0 Å². The van der Waals surface area contributed by atoms with Crippen LogP contribution in [-0.2, 0) is 0 Å². The number of benzene rings is 1. The summed E-state index contributed by atoms with van der Waals surface area (Å²) in [5.41, 5.74) is 3.88. The van der Waals surface area contributed by atoms with Crippen LogP contribution in [0.15, 0.2) is 45.9 Å². The molecule has 1 aliphatic rings. The smallest absolute Gasteiger partial charge is 0.344 e. The molecule has 0 saturated carbocycles. The molecule has 0 spiro atoms. The molecule has 1 fully saturated rings. The molecule has 0 N–H and O–H groups in total. The summed E-state index contributed by atoms with van der Waals surface area (Å²) in [6.45, 7) is 13.7. The van der Waals surface area contributed by atoms with E-state index in [4.69, 9.17) is 4.42 Å². The predicted octanol–water partition coefficient (Wildman–Crippen LogP) is 4.43. The molecule has 7 nitrogen and oxygen atoms in total. The van der Waals surface area contributed by atoms with Gasteiger partial charge in [-0.25, -0.2) is 9.78 Å². The molecule has 172 valence electrons. The number of rotatable bonds is 4. The monoisotopic (exact) mass is 445 g/mol. The number of hydrogen-bond acceptors (Lipinski definition) is 6. The summed E-state index contributed by atoms with van der Waals surface area (Å²) < 4.78 is 7.66. The van der Waals surface area contributed by atoms with Crippen molar-refractivity contribution in [2.75, 3.05) is 24.5 Å². The minimum atomic E-state index is -0.335. The van der Waals surface area contributed by atoms with Gasteiger partial charge in [-0.05, 0) is 64.2 Å². The molecular formula is C26H31N5O2. The molecule has 0 amide bonds. The van der Waals surface area contributed by atoms with Gasteiger partial charge >= 0.3 is 5.63 Å². The van der Waals surface area contributed by atoms with Gasteiger partial charge in [0, 0.05) is 43.3 Å². The van der Waals surface area contributed by atoms with Crippen LogP contribution in [0.5, 0.6) is 0 Å². The standard InChI is InChI=1S/C26H31N5O2/c1-6-9-31-17(3)13-29(14-18(31)4)21-8-7-20-10-24(33-26(32)22(20)11-21)23-15-30-12-16(2)27-19(5)25(30)28-23/h7-8,10-12,15,17-18H,6,9,13-14H2,1-5H3/t17-,18+. The second-order valence-electron chi connectivity index (χ2n) is 9.34. The van der Waals surface area contributed by atoms with Crippen molar-refractivity contribution in [2.24, 2.45) is 0 Å². The Hall–Kier alpha value is -3.19. The fourth-order valence-corrected chi connectivity index (χ4v) is 5.18. The summed E-state index contributed by atoms with van der Waals surface area (Å²) >= 11 is 0. The number of fused-ring (bicyclic) bond motifs is 2. The average molecular weight is 446 g/mol. The van der Waals surface area contributed by atoms with Gasteiger partial charge in [-0.3, -0.25) is 9.88 Å². The molecule has 0 bridgehead atoms. The molecule has 33 heavy (non-hydrogen) atoms. The molecule has 7 heteroatoms. The van der Waals surface area contributed by atoms with Gasteiger partial charge in [-0.1, -0.05) is 13.0 Å². The van der Waals surface area contributed by atoms with E-state index in [-0.39, 0.29) is 5.63 Å². The lowest BCUT2D eigenvalue weighted by molar-refractivity contribution is 0.132. The summed E-state index contributed by atoms with van der Waals surface area (Å²) in [6.07, 6.45) is 4.97. The minimum absolute atomic E-state index is 0.335. The number of nitrogens with zero attached hydrogens (tertiary/aromatic N) is 5. The van der Waals surface area contributed by atoms with Crippen molar-refractivity contribution < 1.29 is 4.42 Å². The molecule has 2 atom stereocenters. The van der Waals surface area contributed by atoms with Crippen LogP contribution >= 0.6 is 0 Å². The maximum absolute atomic E-state index is 13.0. The summed E-state index contributed by atoms with van der Waals surface area (Å²) in [5, 5.41) is 1.46. The van der Waals surface area contributed by atoms with Crippen molar-refractivity contribution >= 4 is 22.1 Å². The zero-order valence-electron chi connectivity index (χ0n) is 20.0. The van der Waals surface area contributed by atoms with Crippen molar-refractivity contribution in [1.82, 2.24) is 19.3 Å². The Labute approximate surface area is 193 Å². The first-order chi connectivity index (χ1) is 15.8. The van der Waals surface area contributed by atoms with E-state index in [1.807, 2.05) is 48.8 Å². The number of hydrogen-bond donors (Lipinski definition) is 0. The van der Waals surface area contributed by atoms with E-state index in [2.05, 4.69) is 46.6 Å². The van der Waals surface area contributed by atoms with Crippen molar-refractivity contribution in [2.45, 2.75) is 53.1 Å². The minimum Gasteiger partial charge on any atom is -0.421 e. The Balaban J connectivity index is 1.49. The molecule has 0 aliphatic carbocycles. The van der Waals surface area contributed by atoms with Gasteiger partial charge in [-0.2, -0.15) is 0 Å². The van der Waals surface area contributed by atoms with Crippen molar-refractivity contribution in [3.05, 3.63) is 58.5 Å². The highest BCUT2D eigenvalue weighted by Crippen LogP contribution is 2.28. The number of anilines is 1. The Kier molecular flexibility index (Phi) is 5.44. The van der Waals surface area contributed by atoms with Gasteiger partial charge in [0.25, 0.3) is 0 Å². The Bertz CT molecular complexity index is 1380. The van der Waals surface area contributed by atoms with E-state index in [0.717, 1.165) is 54.2 Å². The zero-order valence-corrected chi connectivity index (χ0v) is 20.0. The highest BCUT2D eigenvalue weighted by molar-refractivity contribution is 5.87. The quantitative estimate of drug-likeness (QED) is 0.463. The first-order valence-corrected chi connectivity index (χ1v) is 11.8. The third-order valence-electron chi connectivity index (χ3n) is 6.67. The SMILES string of the molecule is CCCN1[C@H](C)CN(c2ccc3cc(-c4cn5cc(C)nc(C)c5n4)oc(=O)c3c2)C[C@@H]1C. The van der Waals surface area contributed by atoms with Crippen molar-refractivity contribution in [1.29, 1.82) is 0 Å². The van der Waals surface area contributed by atoms with Crippen molar-refractivity contribution in [3.63, 3.8) is 0 Å². The lowest BCUT2D eigenvalue weighted by atomic mass is 10.1. The number of aryl methyl sites for hydroxylation is 2. The van der Waals surface area contributed by atoms with Gasteiger partial charge in [0.15, 0.2) is 11.4 Å². The number of aromatic nitrogens is 3. The Morgan fingerprint density at radius 3 is 2.55 bits per heavy atom. The van der Waals surface area contributed by atoms with Crippen LogP contribution in [0, 0.1) is 13.8 Å². The largest absolute Gasteiger partial charge is 0.421 e. The van der Waals surface area contributed by atoms with Crippen molar-refractivity contribution in [3.8, 4) is 11.5 Å². The van der Waals surface area contributed by atoms with Crippen LogP contribution in [0.3, 0.4) is 0 Å². The Morgan fingerprint density at radius 2 is 1.82 bits per heavy atom. The maximum Gasteiger partial charge on any atom is 0.344 e. The third kappa shape index (κ3) is 3.91. The summed E-state index contributed by atoms with van der Waals surface area (Å²) in [4.78, 5) is 27.1. The molecule has 4 aromatic rings. The van der Waals surface area contributed by atoms with Gasteiger partial charge in [0.1, 0.15) is 5.69 Å². The van der Waals surface area contributed by atoms with Gasteiger partial charge in [0.05, 0.1) is 16.8 Å². The predicted molar refractivity (Wildman–Crippen MR) is 132 cm³/mol. The molecular weight excluding hydrogens is 414 g/mol. The van der Waals surface area contributed by atoms with Gasteiger partial charge in [0.2, 0.25) is 0 Å². The maximum atomic E-state index is 13.0. The van der Waals surface area contributed by atoms with E-state index in [1.54, 1.807) is 0 Å². The topological polar surface area (TPSA) is 66.9 Å². The summed E-state index contributed by atoms with van der Waals surface area (Å²) in [5.74, 6) is 0.469. The fourth-order valence-electron chi connectivity index (χ4n) is 5.18. The summed E-state index contributed by atoms with van der Waals surface area (Å²) in [6, 6.07) is 8.95. The highest BCUT2D eigenvalue weighted by Gasteiger charge is 2.29. The molecule has 3 aromatic heterocycles. The van der Waals surface area contributed by atoms with Gasteiger partial charge in [-0.15, -0.1) is 0 Å². The first-order valence-electron chi connectivity index (χ1n) is 11.8. The molecule has 0 radical (unpaired) electrons. The molecule has 1 aliphatic heterocycles. The van der Waals surface area contributed by atoms with E-state index in [1.165, 1.54) is 0 Å². The fraction of sp³-hybridized carbons (Fsp3) is 0.423. The first kappa shape index (κ1) is 21.6. The second-order valence-corrected chi connectivity index (χ2v) is 9.34. The molecule has 0 unspecified atom stereocenters. The van der Waals surface area contributed by atoms with Crippen LogP contribution < -0.4 is 10.5 Å². The number of imidazole rings is 1. The summed E-state index contributed by atoms with van der Waals surface area (Å²) in [7, 11) is 0. The zero-order chi connectivity index (χ0) is 23.3.